The summed E-state index contributed by atoms with van der Waals surface area (Å²) in [6.45, 7) is -0.227. The van der Waals surface area contributed by atoms with Gasteiger partial charge < -0.3 is 15.8 Å². The third kappa shape index (κ3) is 2.18. The van der Waals surface area contributed by atoms with E-state index in [1.807, 2.05) is 4.98 Å². The topological polar surface area (TPSA) is 96.2 Å². The van der Waals surface area contributed by atoms with Crippen LogP contribution in [-0.2, 0) is 6.54 Å². The lowest BCUT2D eigenvalue weighted by Gasteiger charge is -2.06. The van der Waals surface area contributed by atoms with E-state index in [-0.39, 0.29) is 12.1 Å². The van der Waals surface area contributed by atoms with E-state index in [1.54, 1.807) is 0 Å². The van der Waals surface area contributed by atoms with Gasteiger partial charge in [0, 0.05) is 17.7 Å². The average molecular weight is 218 g/mol. The molecule has 1 heterocycles. The van der Waals surface area contributed by atoms with Crippen molar-refractivity contribution in [2.24, 2.45) is 5.73 Å². The number of halogens is 2. The number of pyridine rings is 1. The molecular weight excluding hydrogens is 210 g/mol. The summed E-state index contributed by atoms with van der Waals surface area (Å²) in [7, 11) is 0. The Hall–Kier alpha value is -1.76. The Morgan fingerprint density at radius 3 is 2.60 bits per heavy atom. The molecule has 0 fully saturated rings. The van der Waals surface area contributed by atoms with E-state index in [0.29, 0.717) is 0 Å². The van der Waals surface area contributed by atoms with Crippen molar-refractivity contribution in [1.82, 2.24) is 4.98 Å². The summed E-state index contributed by atoms with van der Waals surface area (Å²) in [6, 6.07) is 0.812. The molecule has 0 bridgehead atoms. The summed E-state index contributed by atoms with van der Waals surface area (Å²) in [5.74, 6) is -1.61. The minimum absolute atomic E-state index is 0.0738. The molecular formula is C8H8F2N2O3. The molecule has 1 aromatic heterocycles. The average Bonchev–Trinajstić information content (AvgIpc) is 2.16. The molecule has 0 saturated heterocycles. The first kappa shape index (κ1) is 11.3. The second kappa shape index (κ2) is 4.18. The molecule has 82 valence electrons. The smallest absolute Gasteiger partial charge is 0.352 e. The molecule has 0 aliphatic rings. The summed E-state index contributed by atoms with van der Waals surface area (Å²) >= 11 is 0. The van der Waals surface area contributed by atoms with Gasteiger partial charge in [0.05, 0.1) is 0 Å². The first-order valence-electron chi connectivity index (χ1n) is 3.95. The molecule has 7 heteroatoms. The largest absolute Gasteiger partial charge is 0.477 e. The maximum absolute atomic E-state index is 12.4. The van der Waals surface area contributed by atoms with Crippen LogP contribution < -0.4 is 11.3 Å². The maximum Gasteiger partial charge on any atom is 0.352 e. The second-order valence-electron chi connectivity index (χ2n) is 2.76. The molecule has 5 nitrogen and oxygen atoms in total. The van der Waals surface area contributed by atoms with Gasteiger partial charge in [-0.05, 0) is 6.07 Å². The fourth-order valence-corrected chi connectivity index (χ4v) is 1.09. The van der Waals surface area contributed by atoms with Crippen LogP contribution in [0.5, 0.6) is 0 Å². The Morgan fingerprint density at radius 2 is 2.20 bits per heavy atom. The number of aromatic nitrogens is 1. The number of carbonyl (C=O) groups is 1. The van der Waals surface area contributed by atoms with Gasteiger partial charge in [-0.1, -0.05) is 0 Å². The van der Waals surface area contributed by atoms with Crippen molar-refractivity contribution < 1.29 is 18.7 Å². The van der Waals surface area contributed by atoms with Gasteiger partial charge in [-0.25, -0.2) is 13.6 Å². The highest BCUT2D eigenvalue weighted by molar-refractivity contribution is 5.87. The Bertz CT molecular complexity index is 442. The summed E-state index contributed by atoms with van der Waals surface area (Å²) in [6.07, 6.45) is -2.97. The lowest BCUT2D eigenvalue weighted by molar-refractivity contribution is 0.0676. The second-order valence-corrected chi connectivity index (χ2v) is 2.76. The van der Waals surface area contributed by atoms with Crippen molar-refractivity contribution in [3.63, 3.8) is 0 Å². The first-order chi connectivity index (χ1) is 6.97. The van der Waals surface area contributed by atoms with Crippen LogP contribution in [0.2, 0.25) is 0 Å². The quantitative estimate of drug-likeness (QED) is 0.687. The van der Waals surface area contributed by atoms with Crippen LogP contribution in [0, 0.1) is 0 Å². The van der Waals surface area contributed by atoms with Gasteiger partial charge in [0.15, 0.2) is 0 Å². The molecule has 15 heavy (non-hydrogen) atoms. The van der Waals surface area contributed by atoms with Crippen LogP contribution in [0.4, 0.5) is 8.78 Å². The number of H-pyrrole nitrogens is 1. The van der Waals surface area contributed by atoms with E-state index >= 15 is 0 Å². The molecule has 1 aromatic rings. The molecule has 4 N–H and O–H groups in total. The number of nitrogens with two attached hydrogens (primary N) is 1. The van der Waals surface area contributed by atoms with Crippen LogP contribution in [0.3, 0.4) is 0 Å². The number of rotatable bonds is 3. The molecule has 0 saturated carbocycles. The molecule has 0 radical (unpaired) electrons. The van der Waals surface area contributed by atoms with Gasteiger partial charge in [0.25, 0.3) is 12.0 Å². The molecule has 1 rings (SSSR count). The summed E-state index contributed by atoms with van der Waals surface area (Å²) < 4.78 is 24.8. The van der Waals surface area contributed by atoms with E-state index in [9.17, 15) is 18.4 Å². The number of alkyl halides is 2. The van der Waals surface area contributed by atoms with Gasteiger partial charge in [-0.2, -0.15) is 0 Å². The molecule has 0 amide bonds. The van der Waals surface area contributed by atoms with Crippen LogP contribution in [0.15, 0.2) is 10.9 Å². The van der Waals surface area contributed by atoms with Crippen LogP contribution in [0.25, 0.3) is 0 Å². The van der Waals surface area contributed by atoms with Crippen LogP contribution in [-0.4, -0.2) is 16.1 Å². The van der Waals surface area contributed by atoms with E-state index in [4.69, 9.17) is 10.8 Å². The zero-order valence-electron chi connectivity index (χ0n) is 7.46. The molecule has 0 aliphatic heterocycles. The highest BCUT2D eigenvalue weighted by Gasteiger charge is 2.20. The number of carboxylic acids is 1. The van der Waals surface area contributed by atoms with Gasteiger partial charge in [0.1, 0.15) is 5.69 Å². The normalized spacial score (nSPS) is 10.7. The molecule has 0 atom stereocenters. The minimum atomic E-state index is -2.97. The standard InChI is InChI=1S/C8H8F2N2O3/c9-6(10)4-1-3(2-11)7(13)12-5(4)8(14)15/h1,6H,2,11H2,(H,12,13)(H,14,15). The number of carboxylic acid groups (broad SMARTS) is 1. The first-order valence-corrected chi connectivity index (χ1v) is 3.95. The Morgan fingerprint density at radius 1 is 1.60 bits per heavy atom. The molecule has 0 aromatic carbocycles. The number of aromatic amines is 1. The predicted molar refractivity (Wildman–Crippen MR) is 46.9 cm³/mol. The fraction of sp³-hybridized carbons (Fsp3) is 0.250. The van der Waals surface area contributed by atoms with Crippen molar-refractivity contribution >= 4 is 5.97 Å². The third-order valence-electron chi connectivity index (χ3n) is 1.82. The fourth-order valence-electron chi connectivity index (χ4n) is 1.09. The Labute approximate surface area is 82.5 Å². The van der Waals surface area contributed by atoms with E-state index < -0.39 is 29.2 Å². The number of hydrogen-bond acceptors (Lipinski definition) is 3. The van der Waals surface area contributed by atoms with Crippen molar-refractivity contribution in [2.75, 3.05) is 0 Å². The van der Waals surface area contributed by atoms with Crippen molar-refractivity contribution in [3.8, 4) is 0 Å². The number of hydrogen-bond donors (Lipinski definition) is 3. The maximum atomic E-state index is 12.4. The van der Waals surface area contributed by atoms with E-state index in [1.165, 1.54) is 0 Å². The van der Waals surface area contributed by atoms with Crippen molar-refractivity contribution in [1.29, 1.82) is 0 Å². The lowest BCUT2D eigenvalue weighted by Crippen LogP contribution is -2.21. The Kier molecular flexibility index (Phi) is 3.15. The molecule has 0 unspecified atom stereocenters. The lowest BCUT2D eigenvalue weighted by atomic mass is 10.1. The SMILES string of the molecule is NCc1cc(C(F)F)c(C(=O)O)[nH]c1=O. The zero-order valence-corrected chi connectivity index (χ0v) is 7.46. The molecule has 0 spiro atoms. The summed E-state index contributed by atoms with van der Waals surface area (Å²) in [4.78, 5) is 23.5. The van der Waals surface area contributed by atoms with Crippen molar-refractivity contribution in [2.45, 2.75) is 13.0 Å². The Balaban J connectivity index is 3.46. The monoisotopic (exact) mass is 218 g/mol. The summed E-state index contributed by atoms with van der Waals surface area (Å²) in [5, 5.41) is 8.57. The van der Waals surface area contributed by atoms with Gasteiger partial charge in [-0.15, -0.1) is 0 Å². The van der Waals surface area contributed by atoms with Crippen LogP contribution >= 0.6 is 0 Å². The summed E-state index contributed by atoms with van der Waals surface area (Å²) in [5.41, 5.74) is 2.76. The predicted octanol–water partition coefficient (Wildman–Crippen LogP) is 0.469. The zero-order chi connectivity index (χ0) is 11.6. The number of nitrogens with one attached hydrogen (secondary N) is 1. The van der Waals surface area contributed by atoms with E-state index in [0.717, 1.165) is 6.07 Å². The van der Waals surface area contributed by atoms with Crippen molar-refractivity contribution in [3.05, 3.63) is 33.2 Å². The van der Waals surface area contributed by atoms with Gasteiger partial charge in [0.2, 0.25) is 0 Å². The van der Waals surface area contributed by atoms with Gasteiger partial charge in [-0.3, -0.25) is 4.79 Å². The molecule has 0 aliphatic carbocycles. The highest BCUT2D eigenvalue weighted by Crippen LogP contribution is 2.21. The third-order valence-corrected chi connectivity index (χ3v) is 1.82. The number of aromatic carboxylic acids is 1. The highest BCUT2D eigenvalue weighted by atomic mass is 19.3. The minimum Gasteiger partial charge on any atom is -0.477 e. The van der Waals surface area contributed by atoms with Gasteiger partial charge >= 0.3 is 5.97 Å². The van der Waals surface area contributed by atoms with E-state index in [2.05, 4.69) is 0 Å². The van der Waals surface area contributed by atoms with Crippen LogP contribution in [0.1, 0.15) is 28.0 Å².